The predicted molar refractivity (Wildman–Crippen MR) is 39.3 cm³/mol. The Balaban J connectivity index is -0.0000000159. The van der Waals surface area contributed by atoms with Crippen molar-refractivity contribution < 1.29 is 177 Å². The van der Waals surface area contributed by atoms with Crippen LogP contribution in [0.1, 0.15) is 6.92 Å². The summed E-state index contributed by atoms with van der Waals surface area (Å²) in [5.74, 6) is -1.08. The Hall–Kier alpha value is 4.47. The Morgan fingerprint density at radius 2 is 1.29 bits per heavy atom. The van der Waals surface area contributed by atoms with Crippen LogP contribution in [0.3, 0.4) is 0 Å². The SMILES string of the molecule is CC(=O)[O-].O=S([O-])(O)=S.O=S([O-])[O-].[K+].[Na+].[Na+].[Na+]. The van der Waals surface area contributed by atoms with E-state index in [0.717, 1.165) is 6.92 Å². The van der Waals surface area contributed by atoms with Crippen LogP contribution >= 0.6 is 0 Å². The van der Waals surface area contributed by atoms with E-state index >= 15 is 0 Å². The van der Waals surface area contributed by atoms with Gasteiger partial charge in [0.1, 0.15) is 0 Å². The van der Waals surface area contributed by atoms with E-state index in [1.54, 1.807) is 0 Å². The van der Waals surface area contributed by atoms with Crippen LogP contribution < -0.4 is 145 Å². The van der Waals surface area contributed by atoms with Gasteiger partial charge in [0, 0.05) is 5.97 Å². The predicted octanol–water partition coefficient (Wildman–Crippen LogP) is -14.9. The Labute approximate surface area is 216 Å². The first-order valence-electron chi connectivity index (χ1n) is 2.09. The summed E-state index contributed by atoms with van der Waals surface area (Å²) >= 11 is 0.243. The summed E-state index contributed by atoms with van der Waals surface area (Å²) in [5, 5.41) is 8.89. The van der Waals surface area contributed by atoms with Gasteiger partial charge in [-0.1, -0.05) is 0 Å². The van der Waals surface area contributed by atoms with Crippen molar-refractivity contribution in [1.82, 2.24) is 0 Å². The second-order valence-electron chi connectivity index (χ2n) is 1.12. The van der Waals surface area contributed by atoms with Crippen LogP contribution in [-0.2, 0) is 36.4 Å². The van der Waals surface area contributed by atoms with Gasteiger partial charge in [0.25, 0.3) is 0 Å². The topological polar surface area (TPSA) is 164 Å². The summed E-state index contributed by atoms with van der Waals surface area (Å²) in [4.78, 5) is 8.89. The van der Waals surface area contributed by atoms with Gasteiger partial charge in [-0.25, -0.2) is 4.21 Å². The first kappa shape index (κ1) is 43.0. The summed E-state index contributed by atoms with van der Waals surface area (Å²) in [6.45, 7) is 0.972. The average Bonchev–Trinajstić information content (AvgIpc) is 1.50. The van der Waals surface area contributed by atoms with Gasteiger partial charge in [0.2, 0.25) is 0 Å². The number of carbonyl (C=O) groups excluding carboxylic acids is 1. The number of carboxylic acid groups (broad SMARTS) is 1. The van der Waals surface area contributed by atoms with E-state index in [-0.39, 0.29) is 140 Å². The Kier molecular flexibility index (Phi) is 72.3. The molecule has 1 atom stereocenters. The van der Waals surface area contributed by atoms with E-state index in [2.05, 4.69) is 11.2 Å². The molecular weight excluding hydrogens is 356 g/mol. The minimum atomic E-state index is -4.08. The van der Waals surface area contributed by atoms with Gasteiger partial charge in [-0.05, 0) is 18.1 Å². The molecule has 15 heteroatoms. The number of carbonyl (C=O) groups is 1. The molecular formula is C2H4KNa3O8S3. The monoisotopic (exact) mass is 360 g/mol. The zero-order valence-electron chi connectivity index (χ0n) is 10.0. The molecule has 1 N–H and O–H groups in total. The Bertz CT molecular complexity index is 229. The summed E-state index contributed by atoms with van der Waals surface area (Å²) in [5.41, 5.74) is 0. The third-order valence-corrected chi connectivity index (χ3v) is 0. The van der Waals surface area contributed by atoms with Gasteiger partial charge in [-0.3, -0.25) is 4.21 Å². The van der Waals surface area contributed by atoms with Crippen molar-refractivity contribution in [2.75, 3.05) is 0 Å². The van der Waals surface area contributed by atoms with Crippen molar-refractivity contribution in [3.63, 3.8) is 0 Å². The molecule has 0 spiro atoms. The van der Waals surface area contributed by atoms with Crippen LogP contribution in [0, 0.1) is 0 Å². The van der Waals surface area contributed by atoms with Crippen LogP contribution in [0.2, 0.25) is 0 Å². The molecule has 0 radical (unpaired) electrons. The van der Waals surface area contributed by atoms with Crippen molar-refractivity contribution in [3.8, 4) is 0 Å². The molecule has 1 unspecified atom stereocenters. The van der Waals surface area contributed by atoms with Gasteiger partial charge in [0.15, 0.2) is 0 Å². The van der Waals surface area contributed by atoms with Crippen LogP contribution in [0.15, 0.2) is 0 Å². The molecule has 0 amide bonds. The van der Waals surface area contributed by atoms with E-state index in [0.29, 0.717) is 0 Å². The summed E-state index contributed by atoms with van der Waals surface area (Å²) in [6, 6.07) is 0. The van der Waals surface area contributed by atoms with E-state index in [4.69, 9.17) is 36.5 Å². The fourth-order valence-corrected chi connectivity index (χ4v) is 0. The number of hydrogen-bond donors (Lipinski definition) is 1. The molecule has 0 bridgehead atoms. The molecule has 8 nitrogen and oxygen atoms in total. The first-order valence-corrected chi connectivity index (χ1v) is 5.46. The molecule has 0 aromatic rings. The molecule has 0 heterocycles. The van der Waals surface area contributed by atoms with E-state index < -0.39 is 26.4 Å². The van der Waals surface area contributed by atoms with Crippen LogP contribution in [0.25, 0.3) is 0 Å². The maximum Gasteiger partial charge on any atom is 1.00 e. The standard InChI is InChI=1S/C2H4O2.K.3Na.H2O3S2.H2O3S/c1-2(3)4;;;;;1-5(2,3)4;1-4(2)3/h1H3,(H,3,4);;;;;(H2,1,2,3,4);(H2,1,2,3)/q;4*+1;;/p-4. The molecule has 0 aliphatic rings. The minimum absolute atomic E-state index is 0. The molecule has 17 heavy (non-hydrogen) atoms. The normalized spacial score (nSPS) is 9.76. The van der Waals surface area contributed by atoms with Crippen LogP contribution in [-0.4, -0.2) is 32.6 Å². The molecule has 0 aromatic heterocycles. The minimum Gasteiger partial charge on any atom is -0.784 e. The third kappa shape index (κ3) is 350. The largest absolute Gasteiger partial charge is 1.00 e. The number of aliphatic carboxylic acids is 1. The smallest absolute Gasteiger partial charge is 0.784 e. The fraction of sp³-hybridized carbons (Fsp3) is 0.500. The Morgan fingerprint density at radius 1 is 1.29 bits per heavy atom. The molecule has 0 rings (SSSR count). The zero-order chi connectivity index (χ0) is 11.7. The van der Waals surface area contributed by atoms with E-state index in [1.165, 1.54) is 0 Å². The van der Waals surface area contributed by atoms with Gasteiger partial charge >= 0.3 is 140 Å². The van der Waals surface area contributed by atoms with Gasteiger partial charge in [-0.15, -0.1) is 11.4 Å². The van der Waals surface area contributed by atoms with Crippen molar-refractivity contribution in [2.45, 2.75) is 6.92 Å². The van der Waals surface area contributed by atoms with Crippen molar-refractivity contribution in [2.24, 2.45) is 0 Å². The summed E-state index contributed by atoms with van der Waals surface area (Å²) in [7, 11) is -4.08. The molecule has 0 fully saturated rings. The van der Waals surface area contributed by atoms with Crippen molar-refractivity contribution in [3.05, 3.63) is 0 Å². The van der Waals surface area contributed by atoms with Crippen molar-refractivity contribution >= 4 is 37.6 Å². The molecule has 0 saturated heterocycles. The van der Waals surface area contributed by atoms with Gasteiger partial charge in [-0.2, -0.15) is 0 Å². The van der Waals surface area contributed by atoms with Crippen LogP contribution in [0.4, 0.5) is 0 Å². The third-order valence-electron chi connectivity index (χ3n) is 0. The fourth-order valence-electron chi connectivity index (χ4n) is 0. The second kappa shape index (κ2) is 28.6. The van der Waals surface area contributed by atoms with E-state index in [1.807, 2.05) is 0 Å². The van der Waals surface area contributed by atoms with Gasteiger partial charge in [0.05, 0.1) is 9.05 Å². The maximum absolute atomic E-state index is 9.00. The molecule has 0 aliphatic carbocycles. The van der Waals surface area contributed by atoms with Crippen LogP contribution in [0.5, 0.6) is 0 Å². The average molecular weight is 360 g/mol. The number of rotatable bonds is 0. The summed E-state index contributed by atoms with van der Waals surface area (Å²) in [6.07, 6.45) is 0. The maximum atomic E-state index is 9.00. The van der Waals surface area contributed by atoms with E-state index in [9.17, 15) is 0 Å². The first-order chi connectivity index (χ1) is 5.46. The zero-order valence-corrected chi connectivity index (χ0v) is 21.6. The summed E-state index contributed by atoms with van der Waals surface area (Å²) < 4.78 is 50.6. The molecule has 0 aliphatic heterocycles. The molecule has 82 valence electrons. The second-order valence-corrected chi connectivity index (χ2v) is 3.65. The van der Waals surface area contributed by atoms with Crippen molar-refractivity contribution in [1.29, 1.82) is 0 Å². The number of carboxylic acids is 1. The Morgan fingerprint density at radius 3 is 1.29 bits per heavy atom. The van der Waals surface area contributed by atoms with Gasteiger partial charge < -0.3 is 28.1 Å². The molecule has 0 saturated carbocycles. The quantitative estimate of drug-likeness (QED) is 0.326. The number of hydrogen-bond acceptors (Lipinski definition) is 8. The molecule has 0 aromatic carbocycles.